The quantitative estimate of drug-likeness (QED) is 0.913. The van der Waals surface area contributed by atoms with Crippen molar-refractivity contribution >= 4 is 5.91 Å². The maximum Gasteiger partial charge on any atom is 0.287 e. The van der Waals surface area contributed by atoms with Gasteiger partial charge in [-0.15, -0.1) is 0 Å². The van der Waals surface area contributed by atoms with Crippen LogP contribution in [0, 0.1) is 11.3 Å². The second kappa shape index (κ2) is 5.56. The summed E-state index contributed by atoms with van der Waals surface area (Å²) in [7, 11) is 0. The Labute approximate surface area is 134 Å². The molecule has 3 atom stereocenters. The van der Waals surface area contributed by atoms with E-state index in [0.717, 1.165) is 12.8 Å². The normalized spacial score (nSPS) is 25.3. The van der Waals surface area contributed by atoms with E-state index in [1.807, 2.05) is 12.1 Å². The highest BCUT2D eigenvalue weighted by Crippen LogP contribution is 2.29. The standard InChI is InChI=1S/C18H17N3O2/c19-10-11-3-1-2-4-13(11)16-7-8-17(23-16)18(22)21-15-9-12-5-6-14(15)20-12/h1-4,7-8,12,14-15,20H,5-6,9H2,(H,21,22). The molecular weight excluding hydrogens is 290 g/mol. The van der Waals surface area contributed by atoms with Crippen molar-refractivity contribution in [3.05, 3.63) is 47.7 Å². The summed E-state index contributed by atoms with van der Waals surface area (Å²) in [6.45, 7) is 0. The van der Waals surface area contributed by atoms with Crippen LogP contribution in [0.1, 0.15) is 35.4 Å². The summed E-state index contributed by atoms with van der Waals surface area (Å²) in [5, 5.41) is 15.7. The van der Waals surface area contributed by atoms with Gasteiger partial charge in [-0.25, -0.2) is 0 Å². The number of nitriles is 1. The predicted octanol–water partition coefficient (Wildman–Crippen LogP) is 2.44. The first-order valence-corrected chi connectivity index (χ1v) is 7.91. The lowest BCUT2D eigenvalue weighted by Gasteiger charge is -2.20. The Morgan fingerprint density at radius 3 is 2.87 bits per heavy atom. The Balaban J connectivity index is 1.51. The van der Waals surface area contributed by atoms with Gasteiger partial charge in [0.2, 0.25) is 0 Å². The van der Waals surface area contributed by atoms with Gasteiger partial charge in [-0.05, 0) is 43.5 Å². The van der Waals surface area contributed by atoms with Crippen LogP contribution in [0.4, 0.5) is 0 Å². The molecule has 2 N–H and O–H groups in total. The van der Waals surface area contributed by atoms with Crippen LogP contribution in [0.25, 0.3) is 11.3 Å². The van der Waals surface area contributed by atoms with Crippen LogP contribution in [-0.2, 0) is 0 Å². The molecule has 1 aromatic heterocycles. The number of amides is 1. The fourth-order valence-corrected chi connectivity index (χ4v) is 3.62. The van der Waals surface area contributed by atoms with Crippen molar-refractivity contribution in [3.8, 4) is 17.4 Å². The molecule has 1 amide bonds. The molecule has 0 spiro atoms. The van der Waals surface area contributed by atoms with E-state index in [1.165, 1.54) is 6.42 Å². The first-order chi connectivity index (χ1) is 11.2. The Hall–Kier alpha value is -2.58. The van der Waals surface area contributed by atoms with Crippen LogP contribution in [0.2, 0.25) is 0 Å². The van der Waals surface area contributed by atoms with Crippen molar-refractivity contribution < 1.29 is 9.21 Å². The number of hydrogen-bond acceptors (Lipinski definition) is 4. The fourth-order valence-electron chi connectivity index (χ4n) is 3.62. The number of nitrogens with one attached hydrogen (secondary N) is 2. The number of hydrogen-bond donors (Lipinski definition) is 2. The van der Waals surface area contributed by atoms with Crippen molar-refractivity contribution in [2.45, 2.75) is 37.4 Å². The zero-order chi connectivity index (χ0) is 15.8. The van der Waals surface area contributed by atoms with Crippen molar-refractivity contribution in [2.75, 3.05) is 0 Å². The zero-order valence-corrected chi connectivity index (χ0v) is 12.6. The molecule has 2 saturated heterocycles. The SMILES string of the molecule is N#Cc1ccccc1-c1ccc(C(=O)NC2CC3CCC2N3)o1. The number of rotatable bonds is 3. The largest absolute Gasteiger partial charge is 0.451 e. The number of carbonyl (C=O) groups excluding carboxylic acids is 1. The topological polar surface area (TPSA) is 78.1 Å². The number of nitrogens with zero attached hydrogens (tertiary/aromatic N) is 1. The summed E-state index contributed by atoms with van der Waals surface area (Å²) in [6, 6.07) is 13.9. The minimum absolute atomic E-state index is 0.182. The van der Waals surface area contributed by atoms with E-state index in [2.05, 4.69) is 16.7 Å². The molecule has 0 aliphatic carbocycles. The third-order valence-corrected chi connectivity index (χ3v) is 4.76. The first kappa shape index (κ1) is 14.0. The molecule has 2 bridgehead atoms. The predicted molar refractivity (Wildman–Crippen MR) is 84.7 cm³/mol. The first-order valence-electron chi connectivity index (χ1n) is 7.91. The van der Waals surface area contributed by atoms with E-state index in [-0.39, 0.29) is 17.7 Å². The number of benzene rings is 1. The molecule has 3 unspecified atom stereocenters. The molecule has 5 nitrogen and oxygen atoms in total. The van der Waals surface area contributed by atoms with Crippen LogP contribution in [0.3, 0.4) is 0 Å². The highest BCUT2D eigenvalue weighted by atomic mass is 16.3. The summed E-state index contributed by atoms with van der Waals surface area (Å²) >= 11 is 0. The number of furan rings is 1. The second-order valence-corrected chi connectivity index (χ2v) is 6.18. The molecular formula is C18H17N3O2. The Bertz CT molecular complexity index is 790. The van der Waals surface area contributed by atoms with Crippen LogP contribution < -0.4 is 10.6 Å². The molecule has 4 rings (SSSR count). The molecule has 116 valence electrons. The number of carbonyl (C=O) groups is 1. The van der Waals surface area contributed by atoms with E-state index in [1.54, 1.807) is 24.3 Å². The smallest absolute Gasteiger partial charge is 0.287 e. The molecule has 2 aliphatic rings. The highest BCUT2D eigenvalue weighted by Gasteiger charge is 2.39. The van der Waals surface area contributed by atoms with Crippen LogP contribution in [-0.4, -0.2) is 24.0 Å². The van der Waals surface area contributed by atoms with E-state index < -0.39 is 0 Å². The van der Waals surface area contributed by atoms with Crippen molar-refractivity contribution in [1.82, 2.24) is 10.6 Å². The van der Waals surface area contributed by atoms with Gasteiger partial charge in [0.05, 0.1) is 11.6 Å². The third kappa shape index (κ3) is 2.51. The molecule has 3 heterocycles. The lowest BCUT2D eigenvalue weighted by atomic mass is 9.95. The van der Waals surface area contributed by atoms with Gasteiger partial charge in [0.25, 0.3) is 5.91 Å². The minimum atomic E-state index is -0.190. The molecule has 1 aromatic carbocycles. The molecule has 0 radical (unpaired) electrons. The van der Waals surface area contributed by atoms with E-state index in [0.29, 0.717) is 29.0 Å². The molecule has 2 fully saturated rings. The maximum atomic E-state index is 12.4. The van der Waals surface area contributed by atoms with Gasteiger partial charge in [-0.2, -0.15) is 5.26 Å². The van der Waals surface area contributed by atoms with Gasteiger partial charge >= 0.3 is 0 Å². The highest BCUT2D eigenvalue weighted by molar-refractivity contribution is 5.92. The van der Waals surface area contributed by atoms with Gasteiger partial charge < -0.3 is 15.1 Å². The average molecular weight is 307 g/mol. The molecule has 5 heteroatoms. The average Bonchev–Trinajstić information content (AvgIpc) is 3.31. The van der Waals surface area contributed by atoms with Crippen LogP contribution in [0.15, 0.2) is 40.8 Å². The van der Waals surface area contributed by atoms with Crippen molar-refractivity contribution in [1.29, 1.82) is 5.26 Å². The zero-order valence-electron chi connectivity index (χ0n) is 12.6. The molecule has 23 heavy (non-hydrogen) atoms. The van der Waals surface area contributed by atoms with E-state index in [4.69, 9.17) is 9.68 Å². The monoisotopic (exact) mass is 307 g/mol. The Morgan fingerprint density at radius 1 is 1.26 bits per heavy atom. The number of fused-ring (bicyclic) bond motifs is 2. The Kier molecular flexibility index (Phi) is 3.40. The van der Waals surface area contributed by atoms with E-state index in [9.17, 15) is 4.79 Å². The van der Waals surface area contributed by atoms with Gasteiger partial charge in [-0.3, -0.25) is 4.79 Å². The molecule has 0 saturated carbocycles. The van der Waals surface area contributed by atoms with Gasteiger partial charge in [0.15, 0.2) is 5.76 Å². The third-order valence-electron chi connectivity index (χ3n) is 4.76. The fraction of sp³-hybridized carbons (Fsp3) is 0.333. The summed E-state index contributed by atoms with van der Waals surface area (Å²) in [6.07, 6.45) is 3.31. The second-order valence-electron chi connectivity index (χ2n) is 6.18. The molecule has 2 aliphatic heterocycles. The minimum Gasteiger partial charge on any atom is -0.451 e. The lowest BCUT2D eigenvalue weighted by Crippen LogP contribution is -2.42. The van der Waals surface area contributed by atoms with Gasteiger partial charge in [0.1, 0.15) is 5.76 Å². The van der Waals surface area contributed by atoms with Gasteiger partial charge in [-0.1, -0.05) is 12.1 Å². The summed E-state index contributed by atoms with van der Waals surface area (Å²) < 4.78 is 5.68. The summed E-state index contributed by atoms with van der Waals surface area (Å²) in [5.41, 5.74) is 1.24. The maximum absolute atomic E-state index is 12.4. The van der Waals surface area contributed by atoms with Crippen molar-refractivity contribution in [2.24, 2.45) is 0 Å². The summed E-state index contributed by atoms with van der Waals surface area (Å²) in [4.78, 5) is 12.4. The summed E-state index contributed by atoms with van der Waals surface area (Å²) in [5.74, 6) is 0.638. The van der Waals surface area contributed by atoms with Gasteiger partial charge in [0, 0.05) is 23.7 Å². The molecule has 2 aromatic rings. The van der Waals surface area contributed by atoms with E-state index >= 15 is 0 Å². The Morgan fingerprint density at radius 2 is 2.13 bits per heavy atom. The lowest BCUT2D eigenvalue weighted by molar-refractivity contribution is 0.0903. The van der Waals surface area contributed by atoms with Crippen LogP contribution >= 0.6 is 0 Å². The van der Waals surface area contributed by atoms with Crippen molar-refractivity contribution in [3.63, 3.8) is 0 Å². The van der Waals surface area contributed by atoms with Crippen LogP contribution in [0.5, 0.6) is 0 Å².